The summed E-state index contributed by atoms with van der Waals surface area (Å²) in [7, 11) is 0. The largest absolute Gasteiger partial charge is 0.478 e. The van der Waals surface area contributed by atoms with E-state index in [0.717, 1.165) is 34.1 Å². The molecule has 1 aliphatic heterocycles. The maximum atomic E-state index is 15.4. The number of ether oxygens (including phenoxy) is 2. The Balaban J connectivity index is 1.28. The molecule has 5 aromatic rings. The Hall–Kier alpha value is -4.22. The first kappa shape index (κ1) is 27.0. The van der Waals surface area contributed by atoms with Crippen LogP contribution in [0.15, 0.2) is 48.5 Å². The van der Waals surface area contributed by atoms with E-state index in [4.69, 9.17) is 9.47 Å². The number of aromatic nitrogens is 4. The molecule has 1 atom stereocenters. The van der Waals surface area contributed by atoms with Gasteiger partial charge in [0.05, 0.1) is 50.5 Å². The molecule has 6 rings (SSSR count). The van der Waals surface area contributed by atoms with Crippen LogP contribution in [-0.2, 0) is 24.3 Å². The molecular formula is C30H26F2N4O4S. The first-order valence-electron chi connectivity index (χ1n) is 13.1. The third-order valence-corrected chi connectivity index (χ3v) is 8.14. The molecule has 1 saturated heterocycles. The van der Waals surface area contributed by atoms with E-state index in [2.05, 4.69) is 15.0 Å². The highest BCUT2D eigenvalue weighted by Crippen LogP contribution is 2.29. The molecule has 1 N–H and O–H groups in total. The Kier molecular flexibility index (Phi) is 7.22. The number of benzene rings is 2. The van der Waals surface area contributed by atoms with Gasteiger partial charge in [-0.3, -0.25) is 0 Å². The average Bonchev–Trinajstić information content (AvgIpc) is 3.43. The normalized spacial score (nSPS) is 14.8. The lowest BCUT2D eigenvalue weighted by Gasteiger charge is -2.27. The quantitative estimate of drug-likeness (QED) is 0.226. The fraction of sp³-hybridized carbons (Fsp3) is 0.267. The van der Waals surface area contributed by atoms with Gasteiger partial charge < -0.3 is 19.1 Å². The standard InChI is InChI=1S/C30H26F2N4O4S/c1-16-27(41-17(2)33-16)15-40-29-5-3-4-24(35-29)21-13-22(31)19(10-23(21)32)12-28-34-25-7-6-18(30(37)38)11-26(25)36(28)14-20-8-9-39-20/h3-7,10-11,13,20H,8-9,12,14-15H2,1-2H3,(H,37,38). The Labute approximate surface area is 238 Å². The zero-order chi connectivity index (χ0) is 28.7. The summed E-state index contributed by atoms with van der Waals surface area (Å²) in [5.41, 5.74) is 2.59. The van der Waals surface area contributed by atoms with Crippen molar-refractivity contribution < 1.29 is 28.2 Å². The van der Waals surface area contributed by atoms with Crippen LogP contribution in [0.5, 0.6) is 5.88 Å². The predicted octanol–water partition coefficient (Wildman–Crippen LogP) is 6.11. The van der Waals surface area contributed by atoms with Gasteiger partial charge >= 0.3 is 5.97 Å². The van der Waals surface area contributed by atoms with Crippen LogP contribution < -0.4 is 4.74 Å². The fourth-order valence-electron chi connectivity index (χ4n) is 4.86. The van der Waals surface area contributed by atoms with E-state index >= 15 is 8.78 Å². The van der Waals surface area contributed by atoms with Crippen LogP contribution in [0, 0.1) is 25.5 Å². The maximum absolute atomic E-state index is 15.4. The number of halogens is 2. The third kappa shape index (κ3) is 5.55. The first-order valence-corrected chi connectivity index (χ1v) is 13.9. The molecule has 0 saturated carbocycles. The van der Waals surface area contributed by atoms with Crippen LogP contribution >= 0.6 is 11.3 Å². The van der Waals surface area contributed by atoms with Gasteiger partial charge in [0, 0.05) is 24.7 Å². The molecule has 4 heterocycles. The Morgan fingerprint density at radius 3 is 2.66 bits per heavy atom. The smallest absolute Gasteiger partial charge is 0.335 e. The van der Waals surface area contributed by atoms with Gasteiger partial charge in [-0.2, -0.15) is 0 Å². The van der Waals surface area contributed by atoms with Crippen molar-refractivity contribution in [2.45, 2.75) is 45.9 Å². The van der Waals surface area contributed by atoms with Crippen molar-refractivity contribution in [1.29, 1.82) is 0 Å². The first-order chi connectivity index (χ1) is 19.7. The second kappa shape index (κ2) is 11.0. The molecule has 41 heavy (non-hydrogen) atoms. The van der Waals surface area contributed by atoms with Crippen LogP contribution in [0.25, 0.3) is 22.3 Å². The molecule has 1 unspecified atom stereocenters. The van der Waals surface area contributed by atoms with Crippen molar-refractivity contribution in [1.82, 2.24) is 19.5 Å². The molecule has 2 aromatic carbocycles. The topological polar surface area (TPSA) is 99.4 Å². The van der Waals surface area contributed by atoms with Gasteiger partial charge in [-0.25, -0.2) is 28.5 Å². The minimum atomic E-state index is -1.05. The summed E-state index contributed by atoms with van der Waals surface area (Å²) < 4.78 is 44.1. The van der Waals surface area contributed by atoms with Crippen molar-refractivity contribution >= 4 is 28.3 Å². The molecule has 0 radical (unpaired) electrons. The van der Waals surface area contributed by atoms with Gasteiger partial charge in [-0.05, 0) is 62.2 Å². The summed E-state index contributed by atoms with van der Waals surface area (Å²) in [6, 6.07) is 11.9. The molecule has 1 fully saturated rings. The summed E-state index contributed by atoms with van der Waals surface area (Å²) in [5, 5.41) is 10.4. The van der Waals surface area contributed by atoms with Crippen LogP contribution in [0.3, 0.4) is 0 Å². The van der Waals surface area contributed by atoms with Gasteiger partial charge in [0.2, 0.25) is 5.88 Å². The van der Waals surface area contributed by atoms with Gasteiger partial charge in [-0.1, -0.05) is 6.07 Å². The summed E-state index contributed by atoms with van der Waals surface area (Å²) in [5.74, 6) is -1.49. The molecular weight excluding hydrogens is 550 g/mol. The minimum Gasteiger partial charge on any atom is -0.478 e. The monoisotopic (exact) mass is 576 g/mol. The number of aryl methyl sites for hydroxylation is 2. The molecule has 11 heteroatoms. The van der Waals surface area contributed by atoms with Crippen molar-refractivity contribution in [2.24, 2.45) is 0 Å². The molecule has 0 aliphatic carbocycles. The molecule has 3 aromatic heterocycles. The van der Waals surface area contributed by atoms with E-state index in [9.17, 15) is 9.90 Å². The number of thiazole rings is 1. The van der Waals surface area contributed by atoms with Gasteiger partial charge in [0.15, 0.2) is 0 Å². The Morgan fingerprint density at radius 2 is 1.95 bits per heavy atom. The van der Waals surface area contributed by atoms with E-state index in [1.54, 1.807) is 30.3 Å². The van der Waals surface area contributed by atoms with Gasteiger partial charge in [0.1, 0.15) is 24.1 Å². The van der Waals surface area contributed by atoms with E-state index < -0.39 is 17.6 Å². The number of pyridine rings is 1. The Bertz CT molecular complexity index is 1780. The van der Waals surface area contributed by atoms with Crippen LogP contribution in [0.2, 0.25) is 0 Å². The number of aromatic carboxylic acids is 1. The molecule has 8 nitrogen and oxygen atoms in total. The zero-order valence-electron chi connectivity index (χ0n) is 22.4. The lowest BCUT2D eigenvalue weighted by atomic mass is 10.0. The molecule has 0 amide bonds. The highest BCUT2D eigenvalue weighted by atomic mass is 32.1. The van der Waals surface area contributed by atoms with Crippen LogP contribution in [0.4, 0.5) is 8.78 Å². The number of nitrogens with zero attached hydrogens (tertiary/aromatic N) is 4. The summed E-state index contributed by atoms with van der Waals surface area (Å²) in [4.78, 5) is 25.9. The van der Waals surface area contributed by atoms with Gasteiger partial charge in [-0.15, -0.1) is 11.3 Å². The van der Waals surface area contributed by atoms with E-state index in [1.807, 2.05) is 18.4 Å². The third-order valence-electron chi connectivity index (χ3n) is 7.09. The zero-order valence-corrected chi connectivity index (χ0v) is 23.2. The van der Waals surface area contributed by atoms with Crippen molar-refractivity contribution in [3.63, 3.8) is 0 Å². The lowest BCUT2D eigenvalue weighted by molar-refractivity contribution is -0.0589. The number of fused-ring (bicyclic) bond motifs is 1. The number of imidazole rings is 1. The van der Waals surface area contributed by atoms with E-state index in [-0.39, 0.29) is 41.5 Å². The molecule has 1 aliphatic rings. The Morgan fingerprint density at radius 1 is 1.12 bits per heavy atom. The second-order valence-corrected chi connectivity index (χ2v) is 11.2. The average molecular weight is 577 g/mol. The molecule has 0 spiro atoms. The number of hydrogen-bond donors (Lipinski definition) is 1. The fourth-order valence-corrected chi connectivity index (χ4v) is 5.71. The number of carboxylic acids is 1. The number of rotatable bonds is 9. The van der Waals surface area contributed by atoms with Crippen molar-refractivity contribution in [2.75, 3.05) is 6.61 Å². The van der Waals surface area contributed by atoms with E-state index in [1.165, 1.54) is 17.4 Å². The highest BCUT2D eigenvalue weighted by molar-refractivity contribution is 7.11. The van der Waals surface area contributed by atoms with Crippen molar-refractivity contribution in [3.05, 3.63) is 92.7 Å². The molecule has 210 valence electrons. The predicted molar refractivity (Wildman–Crippen MR) is 149 cm³/mol. The van der Waals surface area contributed by atoms with Crippen molar-refractivity contribution in [3.8, 4) is 17.1 Å². The summed E-state index contributed by atoms with van der Waals surface area (Å²) >= 11 is 1.54. The minimum absolute atomic E-state index is 0.0109. The highest BCUT2D eigenvalue weighted by Gasteiger charge is 2.23. The maximum Gasteiger partial charge on any atom is 0.335 e. The van der Waals surface area contributed by atoms with Gasteiger partial charge in [0.25, 0.3) is 0 Å². The van der Waals surface area contributed by atoms with Crippen LogP contribution in [-0.4, -0.2) is 43.3 Å². The molecule has 0 bridgehead atoms. The van der Waals surface area contributed by atoms with E-state index in [0.29, 0.717) is 35.9 Å². The number of hydrogen-bond acceptors (Lipinski definition) is 7. The number of carbonyl (C=O) groups is 1. The SMILES string of the molecule is Cc1nc(C)c(COc2cccc(-c3cc(F)c(Cc4nc5ccc(C(=O)O)cc5n4CC4CCO4)cc3F)n2)s1. The summed E-state index contributed by atoms with van der Waals surface area (Å²) in [6.07, 6.45) is 0.819. The number of carboxylic acid groups (broad SMARTS) is 1. The summed E-state index contributed by atoms with van der Waals surface area (Å²) in [6.45, 7) is 5.21. The second-order valence-electron chi connectivity index (χ2n) is 9.92. The van der Waals surface area contributed by atoms with Crippen LogP contribution in [0.1, 0.15) is 43.7 Å². The lowest BCUT2D eigenvalue weighted by Crippen LogP contribution is -2.31.